The van der Waals surface area contributed by atoms with Crippen LogP contribution in [-0.2, 0) is 0 Å². The van der Waals surface area contributed by atoms with Crippen LogP contribution in [-0.4, -0.2) is 12.2 Å². The Morgan fingerprint density at radius 2 is 0.794 bits per heavy atom. The maximum atomic E-state index is 5.98. The SMILES string of the molecule is CC(C)Oc1ccc(N(c2ccc(Oc3ccccc3)cc2)c2ccc(OC(C)C)cc2)cc1. The van der Waals surface area contributed by atoms with Gasteiger partial charge in [0.25, 0.3) is 0 Å². The van der Waals surface area contributed by atoms with Gasteiger partial charge in [-0.15, -0.1) is 0 Å². The van der Waals surface area contributed by atoms with Crippen molar-refractivity contribution in [1.82, 2.24) is 0 Å². The van der Waals surface area contributed by atoms with Crippen LogP contribution < -0.4 is 19.1 Å². The van der Waals surface area contributed by atoms with Gasteiger partial charge >= 0.3 is 0 Å². The summed E-state index contributed by atoms with van der Waals surface area (Å²) in [5.74, 6) is 3.31. The van der Waals surface area contributed by atoms with Crippen LogP contribution in [0.15, 0.2) is 103 Å². The maximum Gasteiger partial charge on any atom is 0.127 e. The molecule has 174 valence electrons. The Hall–Kier alpha value is -3.92. The van der Waals surface area contributed by atoms with Gasteiger partial charge in [0.05, 0.1) is 12.2 Å². The molecule has 4 heteroatoms. The summed E-state index contributed by atoms with van der Waals surface area (Å²) in [5.41, 5.74) is 3.09. The molecule has 34 heavy (non-hydrogen) atoms. The molecule has 4 aromatic carbocycles. The minimum Gasteiger partial charge on any atom is -0.491 e. The van der Waals surface area contributed by atoms with E-state index in [1.165, 1.54) is 0 Å². The van der Waals surface area contributed by atoms with Gasteiger partial charge in [0.2, 0.25) is 0 Å². The highest BCUT2D eigenvalue weighted by atomic mass is 16.5. The molecule has 4 aromatic rings. The molecule has 0 spiro atoms. The normalized spacial score (nSPS) is 10.9. The number of ether oxygens (including phenoxy) is 3. The number of nitrogens with zero attached hydrogens (tertiary/aromatic N) is 1. The van der Waals surface area contributed by atoms with E-state index in [9.17, 15) is 0 Å². The summed E-state index contributed by atoms with van der Waals surface area (Å²) in [6, 6.07) is 34.2. The van der Waals surface area contributed by atoms with Crippen LogP contribution in [0.1, 0.15) is 27.7 Å². The molecular weight excluding hydrogens is 422 g/mol. The molecule has 0 saturated carbocycles. The van der Waals surface area contributed by atoms with Gasteiger partial charge in [-0.25, -0.2) is 0 Å². The third-order valence-corrected chi connectivity index (χ3v) is 5.01. The average molecular weight is 454 g/mol. The topological polar surface area (TPSA) is 30.9 Å². The van der Waals surface area contributed by atoms with Gasteiger partial charge in [0, 0.05) is 17.1 Å². The third-order valence-electron chi connectivity index (χ3n) is 5.01. The Bertz CT molecular complexity index is 1100. The molecule has 0 N–H and O–H groups in total. The molecule has 4 rings (SSSR count). The van der Waals surface area contributed by atoms with Crippen LogP contribution in [0.25, 0.3) is 0 Å². The van der Waals surface area contributed by atoms with Crippen molar-refractivity contribution in [2.45, 2.75) is 39.9 Å². The lowest BCUT2D eigenvalue weighted by Crippen LogP contribution is -2.11. The molecule has 0 bridgehead atoms. The average Bonchev–Trinajstić information content (AvgIpc) is 2.82. The molecule has 0 radical (unpaired) electrons. The maximum absolute atomic E-state index is 5.98. The first kappa shape index (κ1) is 23.2. The van der Waals surface area contributed by atoms with E-state index in [1.807, 2.05) is 94.4 Å². The Labute approximate surface area is 202 Å². The molecule has 0 unspecified atom stereocenters. The van der Waals surface area contributed by atoms with Gasteiger partial charge in [-0.3, -0.25) is 0 Å². The first-order valence-corrected chi connectivity index (χ1v) is 11.6. The molecule has 0 heterocycles. The summed E-state index contributed by atoms with van der Waals surface area (Å²) < 4.78 is 17.6. The monoisotopic (exact) mass is 453 g/mol. The minimum absolute atomic E-state index is 0.132. The summed E-state index contributed by atoms with van der Waals surface area (Å²) in [4.78, 5) is 2.20. The van der Waals surface area contributed by atoms with E-state index in [1.54, 1.807) is 0 Å². The largest absolute Gasteiger partial charge is 0.491 e. The van der Waals surface area contributed by atoms with Crippen LogP contribution in [0.4, 0.5) is 17.1 Å². The van der Waals surface area contributed by atoms with Crippen molar-refractivity contribution < 1.29 is 14.2 Å². The molecule has 0 aliphatic carbocycles. The number of hydrogen-bond acceptors (Lipinski definition) is 4. The van der Waals surface area contributed by atoms with Crippen molar-refractivity contribution in [2.75, 3.05) is 4.90 Å². The predicted molar refractivity (Wildman–Crippen MR) is 139 cm³/mol. The van der Waals surface area contributed by atoms with E-state index in [0.29, 0.717) is 0 Å². The highest BCUT2D eigenvalue weighted by Crippen LogP contribution is 2.37. The van der Waals surface area contributed by atoms with Crippen LogP contribution in [0, 0.1) is 0 Å². The molecule has 0 aliphatic rings. The van der Waals surface area contributed by atoms with E-state index < -0.39 is 0 Å². The molecule has 0 aromatic heterocycles. The smallest absolute Gasteiger partial charge is 0.127 e. The highest BCUT2D eigenvalue weighted by molar-refractivity contribution is 5.77. The first-order chi connectivity index (χ1) is 16.5. The van der Waals surface area contributed by atoms with Crippen LogP contribution in [0.3, 0.4) is 0 Å². The zero-order valence-corrected chi connectivity index (χ0v) is 20.1. The molecule has 0 amide bonds. The number of rotatable bonds is 9. The number of benzene rings is 4. The van der Waals surface area contributed by atoms with Crippen LogP contribution >= 0.6 is 0 Å². The van der Waals surface area contributed by atoms with Gasteiger partial charge < -0.3 is 19.1 Å². The molecule has 0 saturated heterocycles. The van der Waals surface area contributed by atoms with Gasteiger partial charge in [0.1, 0.15) is 23.0 Å². The second-order valence-corrected chi connectivity index (χ2v) is 8.57. The predicted octanol–water partition coefficient (Wildman–Crippen LogP) is 8.52. The Morgan fingerprint density at radius 1 is 0.441 bits per heavy atom. The second-order valence-electron chi connectivity index (χ2n) is 8.57. The Kier molecular flexibility index (Phi) is 7.38. The fraction of sp³-hybridized carbons (Fsp3) is 0.200. The molecule has 0 atom stereocenters. The number of anilines is 3. The molecule has 0 fully saturated rings. The Balaban J connectivity index is 1.64. The zero-order chi connectivity index (χ0) is 23.9. The quantitative estimate of drug-likeness (QED) is 0.254. The van der Waals surface area contributed by atoms with E-state index in [4.69, 9.17) is 14.2 Å². The van der Waals surface area contributed by atoms with Crippen LogP contribution in [0.2, 0.25) is 0 Å². The van der Waals surface area contributed by atoms with Gasteiger partial charge in [-0.2, -0.15) is 0 Å². The lowest BCUT2D eigenvalue weighted by atomic mass is 10.1. The van der Waals surface area contributed by atoms with Crippen LogP contribution in [0.5, 0.6) is 23.0 Å². The minimum atomic E-state index is 0.132. The fourth-order valence-corrected chi connectivity index (χ4v) is 3.63. The highest BCUT2D eigenvalue weighted by Gasteiger charge is 2.14. The fourth-order valence-electron chi connectivity index (χ4n) is 3.63. The van der Waals surface area contributed by atoms with Crippen molar-refractivity contribution >= 4 is 17.1 Å². The van der Waals surface area contributed by atoms with E-state index >= 15 is 0 Å². The van der Waals surface area contributed by atoms with Crippen molar-refractivity contribution in [1.29, 1.82) is 0 Å². The standard InChI is InChI=1S/C30H31NO3/c1-22(2)32-28-16-10-24(11-17-28)31(25-12-18-29(19-13-25)33-23(3)4)26-14-20-30(21-15-26)34-27-8-6-5-7-9-27/h5-23H,1-4H3. The summed E-state index contributed by atoms with van der Waals surface area (Å²) in [7, 11) is 0. The van der Waals surface area contributed by atoms with E-state index in [-0.39, 0.29) is 12.2 Å². The first-order valence-electron chi connectivity index (χ1n) is 11.6. The van der Waals surface area contributed by atoms with Crippen molar-refractivity contribution in [3.05, 3.63) is 103 Å². The Morgan fingerprint density at radius 3 is 1.18 bits per heavy atom. The molecule has 0 aliphatic heterocycles. The molecule has 4 nitrogen and oxygen atoms in total. The summed E-state index contributed by atoms with van der Waals surface area (Å²) in [6.07, 6.45) is 0.264. The summed E-state index contributed by atoms with van der Waals surface area (Å²) in [5, 5.41) is 0. The zero-order valence-electron chi connectivity index (χ0n) is 20.1. The number of para-hydroxylation sites is 1. The summed E-state index contributed by atoms with van der Waals surface area (Å²) in [6.45, 7) is 8.11. The van der Waals surface area contributed by atoms with E-state index in [0.717, 1.165) is 40.1 Å². The van der Waals surface area contributed by atoms with Gasteiger partial charge in [-0.05, 0) is 113 Å². The lowest BCUT2D eigenvalue weighted by Gasteiger charge is -2.26. The van der Waals surface area contributed by atoms with Crippen molar-refractivity contribution in [2.24, 2.45) is 0 Å². The number of hydrogen-bond donors (Lipinski definition) is 0. The third kappa shape index (κ3) is 6.10. The lowest BCUT2D eigenvalue weighted by molar-refractivity contribution is 0.242. The second kappa shape index (κ2) is 10.8. The molecular formula is C30H31NO3. The van der Waals surface area contributed by atoms with Crippen molar-refractivity contribution in [3.63, 3.8) is 0 Å². The van der Waals surface area contributed by atoms with Crippen molar-refractivity contribution in [3.8, 4) is 23.0 Å². The van der Waals surface area contributed by atoms with E-state index in [2.05, 4.69) is 41.3 Å². The van der Waals surface area contributed by atoms with Gasteiger partial charge in [0.15, 0.2) is 0 Å². The van der Waals surface area contributed by atoms with Gasteiger partial charge in [-0.1, -0.05) is 18.2 Å². The summed E-state index contributed by atoms with van der Waals surface area (Å²) >= 11 is 0.